The molecule has 2 aromatic rings. The zero-order valence-corrected chi connectivity index (χ0v) is 13.3. The van der Waals surface area contributed by atoms with Gasteiger partial charge in [-0.2, -0.15) is 0 Å². The highest BCUT2D eigenvalue weighted by atomic mass is 32.1. The summed E-state index contributed by atoms with van der Waals surface area (Å²) in [6.07, 6.45) is 0. The lowest BCUT2D eigenvalue weighted by Crippen LogP contribution is -2.22. The average Bonchev–Trinajstić information content (AvgIpc) is 2.86. The summed E-state index contributed by atoms with van der Waals surface area (Å²) in [5.41, 5.74) is 2.35. The Kier molecular flexibility index (Phi) is 5.15. The van der Waals surface area contributed by atoms with Crippen LogP contribution in [-0.4, -0.2) is 11.6 Å². The van der Waals surface area contributed by atoms with Gasteiger partial charge in [0.05, 0.1) is 12.6 Å². The van der Waals surface area contributed by atoms with Gasteiger partial charge < -0.3 is 10.1 Å². The van der Waals surface area contributed by atoms with E-state index in [0.29, 0.717) is 6.61 Å². The zero-order valence-electron chi connectivity index (χ0n) is 12.5. The molecule has 0 spiro atoms. The Morgan fingerprint density at radius 2 is 1.90 bits per heavy atom. The van der Waals surface area contributed by atoms with Crippen LogP contribution in [0.4, 0.5) is 0 Å². The molecule has 108 valence electrons. The number of benzene rings is 1. The molecule has 2 unspecified atom stereocenters. The second kappa shape index (κ2) is 6.86. The molecule has 20 heavy (non-hydrogen) atoms. The van der Waals surface area contributed by atoms with Gasteiger partial charge in [-0.25, -0.2) is 4.98 Å². The molecule has 1 aromatic heterocycles. The predicted octanol–water partition coefficient (Wildman–Crippen LogP) is 4.26. The minimum absolute atomic E-state index is 0.260. The number of thiazole rings is 1. The highest BCUT2D eigenvalue weighted by molar-refractivity contribution is 7.09. The first kappa shape index (κ1) is 15.0. The van der Waals surface area contributed by atoms with E-state index < -0.39 is 0 Å². The van der Waals surface area contributed by atoms with Crippen molar-refractivity contribution in [1.29, 1.82) is 0 Å². The second-order valence-corrected chi connectivity index (χ2v) is 5.83. The largest absolute Gasteiger partial charge is 0.494 e. The van der Waals surface area contributed by atoms with E-state index in [1.807, 2.05) is 26.0 Å². The van der Waals surface area contributed by atoms with Crippen molar-refractivity contribution in [1.82, 2.24) is 10.3 Å². The summed E-state index contributed by atoms with van der Waals surface area (Å²) >= 11 is 1.71. The first-order valence-corrected chi connectivity index (χ1v) is 7.89. The summed E-state index contributed by atoms with van der Waals surface area (Å²) in [5, 5.41) is 6.82. The Morgan fingerprint density at radius 3 is 2.45 bits per heavy atom. The summed E-state index contributed by atoms with van der Waals surface area (Å²) in [4.78, 5) is 4.53. The van der Waals surface area contributed by atoms with Crippen molar-refractivity contribution < 1.29 is 4.74 Å². The standard InChI is InChI=1S/C16H22N2OS/c1-5-19-15-8-6-14(7-9-15)12(3)18-13(4)16-17-11(2)10-20-16/h6-10,12-13,18H,5H2,1-4H3. The Labute approximate surface area is 125 Å². The Bertz CT molecular complexity index is 536. The summed E-state index contributed by atoms with van der Waals surface area (Å²) in [6, 6.07) is 8.82. The van der Waals surface area contributed by atoms with Crippen LogP contribution < -0.4 is 10.1 Å². The summed E-state index contributed by atoms with van der Waals surface area (Å²) in [5.74, 6) is 0.923. The first-order valence-electron chi connectivity index (χ1n) is 7.01. The van der Waals surface area contributed by atoms with Gasteiger partial charge in [0.2, 0.25) is 0 Å². The topological polar surface area (TPSA) is 34.1 Å². The molecule has 0 aliphatic rings. The molecule has 4 heteroatoms. The quantitative estimate of drug-likeness (QED) is 0.863. The second-order valence-electron chi connectivity index (χ2n) is 4.94. The number of aryl methyl sites for hydroxylation is 1. The van der Waals surface area contributed by atoms with Crippen LogP contribution >= 0.6 is 11.3 Å². The Morgan fingerprint density at radius 1 is 1.20 bits per heavy atom. The van der Waals surface area contributed by atoms with Crippen LogP contribution in [0.1, 0.15) is 49.1 Å². The number of ether oxygens (including phenoxy) is 1. The van der Waals surface area contributed by atoms with E-state index in [2.05, 4.69) is 41.7 Å². The minimum Gasteiger partial charge on any atom is -0.494 e. The average molecular weight is 290 g/mol. The molecule has 1 N–H and O–H groups in total. The fourth-order valence-corrected chi connectivity index (χ4v) is 2.95. The summed E-state index contributed by atoms with van der Waals surface area (Å²) < 4.78 is 5.47. The molecule has 0 amide bonds. The number of rotatable bonds is 6. The Hall–Kier alpha value is -1.39. The molecule has 3 nitrogen and oxygen atoms in total. The lowest BCUT2D eigenvalue weighted by molar-refractivity contribution is 0.340. The lowest BCUT2D eigenvalue weighted by Gasteiger charge is -2.19. The summed E-state index contributed by atoms with van der Waals surface area (Å²) in [7, 11) is 0. The predicted molar refractivity (Wildman–Crippen MR) is 84.4 cm³/mol. The van der Waals surface area contributed by atoms with E-state index >= 15 is 0 Å². The smallest absolute Gasteiger partial charge is 0.119 e. The highest BCUT2D eigenvalue weighted by Gasteiger charge is 2.13. The molecule has 0 aliphatic carbocycles. The van der Waals surface area contributed by atoms with E-state index in [9.17, 15) is 0 Å². The lowest BCUT2D eigenvalue weighted by atomic mass is 10.1. The van der Waals surface area contributed by atoms with E-state index in [-0.39, 0.29) is 12.1 Å². The summed E-state index contributed by atoms with van der Waals surface area (Å²) in [6.45, 7) is 9.06. The van der Waals surface area contributed by atoms with Crippen molar-refractivity contribution >= 4 is 11.3 Å². The van der Waals surface area contributed by atoms with Gasteiger partial charge in [0, 0.05) is 17.1 Å². The molecule has 0 radical (unpaired) electrons. The van der Waals surface area contributed by atoms with Gasteiger partial charge >= 0.3 is 0 Å². The molecule has 0 fully saturated rings. The third-order valence-corrected chi connectivity index (χ3v) is 4.34. The molecule has 0 saturated carbocycles. The fourth-order valence-electron chi connectivity index (χ4n) is 2.13. The maximum atomic E-state index is 5.47. The van der Waals surface area contributed by atoms with Gasteiger partial charge in [0.1, 0.15) is 10.8 Å². The third kappa shape index (κ3) is 3.81. The van der Waals surface area contributed by atoms with Gasteiger partial charge in [0.15, 0.2) is 0 Å². The number of hydrogen-bond acceptors (Lipinski definition) is 4. The minimum atomic E-state index is 0.260. The van der Waals surface area contributed by atoms with E-state index in [1.54, 1.807) is 11.3 Å². The monoisotopic (exact) mass is 290 g/mol. The molecule has 0 bridgehead atoms. The van der Waals surface area contributed by atoms with Crippen molar-refractivity contribution in [2.24, 2.45) is 0 Å². The van der Waals surface area contributed by atoms with Crippen LogP contribution in [0.15, 0.2) is 29.6 Å². The highest BCUT2D eigenvalue weighted by Crippen LogP contribution is 2.23. The first-order chi connectivity index (χ1) is 9.60. The SMILES string of the molecule is CCOc1ccc(C(C)NC(C)c2nc(C)cs2)cc1. The van der Waals surface area contributed by atoms with E-state index in [4.69, 9.17) is 4.74 Å². The number of hydrogen-bond donors (Lipinski definition) is 1. The van der Waals surface area contributed by atoms with Crippen LogP contribution in [0.25, 0.3) is 0 Å². The van der Waals surface area contributed by atoms with Gasteiger partial charge in [-0.15, -0.1) is 11.3 Å². The number of nitrogens with zero attached hydrogens (tertiary/aromatic N) is 1. The van der Waals surface area contributed by atoms with Crippen LogP contribution in [0.2, 0.25) is 0 Å². The van der Waals surface area contributed by atoms with E-state index in [1.165, 1.54) is 5.56 Å². The van der Waals surface area contributed by atoms with Crippen LogP contribution in [0.5, 0.6) is 5.75 Å². The van der Waals surface area contributed by atoms with Crippen LogP contribution in [0.3, 0.4) is 0 Å². The van der Waals surface area contributed by atoms with Crippen LogP contribution in [0, 0.1) is 6.92 Å². The molecule has 0 aliphatic heterocycles. The molecule has 2 atom stereocenters. The number of aromatic nitrogens is 1. The Balaban J connectivity index is 1.98. The van der Waals surface area contributed by atoms with Crippen molar-refractivity contribution in [3.63, 3.8) is 0 Å². The van der Waals surface area contributed by atoms with Gasteiger partial charge in [0.25, 0.3) is 0 Å². The molecule has 1 heterocycles. The molecule has 2 rings (SSSR count). The maximum absolute atomic E-state index is 5.47. The normalized spacial score (nSPS) is 14.0. The molecule has 1 aromatic carbocycles. The van der Waals surface area contributed by atoms with E-state index in [0.717, 1.165) is 16.5 Å². The zero-order chi connectivity index (χ0) is 14.5. The van der Waals surface area contributed by atoms with Gasteiger partial charge in [-0.3, -0.25) is 0 Å². The van der Waals surface area contributed by atoms with Crippen molar-refractivity contribution in [3.8, 4) is 5.75 Å². The van der Waals surface area contributed by atoms with Crippen molar-refractivity contribution in [2.45, 2.75) is 39.8 Å². The molecular weight excluding hydrogens is 268 g/mol. The molecular formula is C16H22N2OS. The van der Waals surface area contributed by atoms with Gasteiger partial charge in [-0.05, 0) is 45.4 Å². The fraction of sp³-hybridized carbons (Fsp3) is 0.438. The molecule has 0 saturated heterocycles. The van der Waals surface area contributed by atoms with Gasteiger partial charge in [-0.1, -0.05) is 12.1 Å². The van der Waals surface area contributed by atoms with Crippen LogP contribution in [-0.2, 0) is 0 Å². The maximum Gasteiger partial charge on any atom is 0.119 e. The number of nitrogens with one attached hydrogen (secondary N) is 1. The third-order valence-electron chi connectivity index (χ3n) is 3.20. The van der Waals surface area contributed by atoms with Crippen molar-refractivity contribution in [3.05, 3.63) is 45.9 Å². The van der Waals surface area contributed by atoms with Crippen molar-refractivity contribution in [2.75, 3.05) is 6.61 Å².